The van der Waals surface area contributed by atoms with Crippen molar-refractivity contribution in [2.24, 2.45) is 0 Å². The molecule has 0 aromatic heterocycles. The zero-order chi connectivity index (χ0) is 30.3. The first-order valence-electron chi connectivity index (χ1n) is 13.9. The molecule has 0 aliphatic rings. The minimum Gasteiger partial charge on any atom is -0.352 e. The van der Waals surface area contributed by atoms with Gasteiger partial charge in [0.2, 0.25) is 21.8 Å². The van der Waals surface area contributed by atoms with E-state index in [2.05, 4.69) is 5.32 Å². The van der Waals surface area contributed by atoms with Crippen molar-refractivity contribution >= 4 is 38.3 Å². The monoisotopic (exact) mass is 589 g/mol. The molecule has 9 heteroatoms. The second-order valence-electron chi connectivity index (χ2n) is 10.4. The van der Waals surface area contributed by atoms with E-state index >= 15 is 0 Å². The maximum Gasteiger partial charge on any atom is 0.244 e. The van der Waals surface area contributed by atoms with Crippen LogP contribution in [0.3, 0.4) is 0 Å². The quantitative estimate of drug-likeness (QED) is 0.243. The Morgan fingerprint density at radius 1 is 0.857 bits per heavy atom. The molecule has 4 aromatic rings. The number of fused-ring (bicyclic) bond motifs is 1. The van der Waals surface area contributed by atoms with Gasteiger partial charge in [-0.15, -0.1) is 0 Å². The van der Waals surface area contributed by atoms with Gasteiger partial charge in [-0.05, 0) is 48.1 Å². The summed E-state index contributed by atoms with van der Waals surface area (Å²) in [6.45, 7) is 3.30. The number of benzene rings is 4. The van der Waals surface area contributed by atoms with Gasteiger partial charge in [0.15, 0.2) is 0 Å². The Morgan fingerprint density at radius 3 is 2.17 bits per heavy atom. The van der Waals surface area contributed by atoms with Crippen LogP contribution in [0, 0.1) is 5.82 Å². The van der Waals surface area contributed by atoms with Gasteiger partial charge < -0.3 is 10.2 Å². The third kappa shape index (κ3) is 7.73. The van der Waals surface area contributed by atoms with Crippen molar-refractivity contribution in [3.63, 3.8) is 0 Å². The van der Waals surface area contributed by atoms with Crippen LogP contribution in [0.25, 0.3) is 10.8 Å². The molecule has 2 atom stereocenters. The lowest BCUT2D eigenvalue weighted by atomic mass is 10.0. The number of rotatable bonds is 12. The summed E-state index contributed by atoms with van der Waals surface area (Å²) in [6.07, 6.45) is 1.96. The highest BCUT2D eigenvalue weighted by atomic mass is 32.2. The summed E-state index contributed by atoms with van der Waals surface area (Å²) < 4.78 is 41.1. The van der Waals surface area contributed by atoms with Crippen molar-refractivity contribution in [3.05, 3.63) is 114 Å². The molecule has 0 aliphatic carbocycles. The fourth-order valence-electron chi connectivity index (χ4n) is 4.80. The fourth-order valence-corrected chi connectivity index (χ4v) is 5.66. The van der Waals surface area contributed by atoms with Gasteiger partial charge in [-0.2, -0.15) is 0 Å². The van der Waals surface area contributed by atoms with Crippen LogP contribution in [0.5, 0.6) is 0 Å². The van der Waals surface area contributed by atoms with Crippen LogP contribution in [0.2, 0.25) is 0 Å². The molecule has 220 valence electrons. The number of hydrogen-bond acceptors (Lipinski definition) is 4. The summed E-state index contributed by atoms with van der Waals surface area (Å²) in [5.74, 6) is -1.33. The van der Waals surface area contributed by atoms with E-state index in [4.69, 9.17) is 0 Å². The van der Waals surface area contributed by atoms with Crippen LogP contribution in [0.4, 0.5) is 10.1 Å². The molecule has 2 amide bonds. The number of nitrogens with zero attached hydrogens (tertiary/aromatic N) is 2. The molecule has 4 aromatic carbocycles. The standard InChI is InChI=1S/C33H36FN3O4S/c1-4-24(2)35-33(39)31(21-25-11-6-5-7-12-25)36(22-26-17-19-28(34)20-18-26)32(38)23-37(42(3,40)41)30-16-10-14-27-13-8-9-15-29(27)30/h5-20,24,31H,4,21-23H2,1-3H3,(H,35,39)/t24-,31-/m0/s1. The van der Waals surface area contributed by atoms with Gasteiger partial charge in [0, 0.05) is 24.4 Å². The van der Waals surface area contributed by atoms with Crippen LogP contribution in [-0.4, -0.2) is 50.0 Å². The number of carbonyl (C=O) groups excluding carboxylic acids is 2. The van der Waals surface area contributed by atoms with E-state index in [0.717, 1.165) is 21.5 Å². The molecule has 0 heterocycles. The zero-order valence-electron chi connectivity index (χ0n) is 24.0. The summed E-state index contributed by atoms with van der Waals surface area (Å²) in [5.41, 5.74) is 1.82. The van der Waals surface area contributed by atoms with Gasteiger partial charge in [0.25, 0.3) is 0 Å². The Balaban J connectivity index is 1.78. The van der Waals surface area contributed by atoms with Crippen LogP contribution in [-0.2, 0) is 32.6 Å². The summed E-state index contributed by atoms with van der Waals surface area (Å²) >= 11 is 0. The van der Waals surface area contributed by atoms with Crippen LogP contribution in [0.15, 0.2) is 97.1 Å². The second kappa shape index (κ2) is 13.6. The first-order valence-corrected chi connectivity index (χ1v) is 15.7. The van der Waals surface area contributed by atoms with Crippen LogP contribution in [0.1, 0.15) is 31.4 Å². The van der Waals surface area contributed by atoms with Crippen LogP contribution < -0.4 is 9.62 Å². The third-order valence-electron chi connectivity index (χ3n) is 7.25. The SMILES string of the molecule is CC[C@H](C)NC(=O)[C@H](Cc1ccccc1)N(Cc1ccc(F)cc1)C(=O)CN(c1cccc2ccccc12)S(C)(=O)=O. The van der Waals surface area contributed by atoms with Gasteiger partial charge in [-0.1, -0.05) is 85.8 Å². The minimum absolute atomic E-state index is 0.0162. The van der Waals surface area contributed by atoms with Crippen LogP contribution >= 0.6 is 0 Å². The molecule has 0 spiro atoms. The van der Waals surface area contributed by atoms with Gasteiger partial charge in [0.05, 0.1) is 11.9 Å². The number of halogens is 1. The maximum atomic E-state index is 14.2. The minimum atomic E-state index is -3.91. The highest BCUT2D eigenvalue weighted by Crippen LogP contribution is 2.29. The van der Waals surface area contributed by atoms with Gasteiger partial charge in [-0.25, -0.2) is 12.8 Å². The van der Waals surface area contributed by atoms with Gasteiger partial charge in [-0.3, -0.25) is 13.9 Å². The Bertz CT molecular complexity index is 1620. The Labute approximate surface area is 247 Å². The molecule has 0 unspecified atom stereocenters. The number of carbonyl (C=O) groups is 2. The molecular formula is C33H36FN3O4S. The summed E-state index contributed by atoms with van der Waals surface area (Å²) in [4.78, 5) is 29.4. The Morgan fingerprint density at radius 2 is 1.50 bits per heavy atom. The summed E-state index contributed by atoms with van der Waals surface area (Å²) in [5, 5.41) is 4.50. The number of hydrogen-bond donors (Lipinski definition) is 1. The van der Waals surface area contributed by atoms with E-state index in [1.165, 1.54) is 17.0 Å². The lowest BCUT2D eigenvalue weighted by molar-refractivity contribution is -0.140. The molecule has 42 heavy (non-hydrogen) atoms. The van der Waals surface area contributed by atoms with E-state index in [9.17, 15) is 22.4 Å². The smallest absolute Gasteiger partial charge is 0.244 e. The second-order valence-corrected chi connectivity index (χ2v) is 12.3. The number of amides is 2. The van der Waals surface area contributed by atoms with E-state index in [1.54, 1.807) is 30.3 Å². The lowest BCUT2D eigenvalue weighted by Gasteiger charge is -2.34. The molecule has 4 rings (SSSR count). The molecule has 0 saturated carbocycles. The van der Waals surface area contributed by atoms with Gasteiger partial charge in [0.1, 0.15) is 18.4 Å². The molecule has 0 fully saturated rings. The molecule has 1 N–H and O–H groups in total. The number of sulfonamides is 1. The van der Waals surface area contributed by atoms with Crippen molar-refractivity contribution in [3.8, 4) is 0 Å². The highest BCUT2D eigenvalue weighted by Gasteiger charge is 2.33. The average Bonchev–Trinajstić information content (AvgIpc) is 2.98. The molecule has 0 aliphatic heterocycles. The Hall–Kier alpha value is -4.24. The van der Waals surface area contributed by atoms with Gasteiger partial charge >= 0.3 is 0 Å². The summed E-state index contributed by atoms with van der Waals surface area (Å²) in [7, 11) is -3.91. The predicted octanol–water partition coefficient (Wildman–Crippen LogP) is 5.30. The Kier molecular flexibility index (Phi) is 9.96. The topological polar surface area (TPSA) is 86.8 Å². The first-order chi connectivity index (χ1) is 20.1. The molecule has 0 saturated heterocycles. The normalized spacial score (nSPS) is 12.9. The van der Waals surface area contributed by atoms with E-state index in [1.807, 2.05) is 68.4 Å². The zero-order valence-corrected chi connectivity index (χ0v) is 24.9. The summed E-state index contributed by atoms with van der Waals surface area (Å²) in [6, 6.07) is 26.6. The molecule has 7 nitrogen and oxygen atoms in total. The van der Waals surface area contributed by atoms with Crippen molar-refractivity contribution in [2.75, 3.05) is 17.1 Å². The largest absolute Gasteiger partial charge is 0.352 e. The molecule has 0 bridgehead atoms. The average molecular weight is 590 g/mol. The lowest BCUT2D eigenvalue weighted by Crippen LogP contribution is -2.54. The van der Waals surface area contributed by atoms with E-state index < -0.39 is 34.3 Å². The van der Waals surface area contributed by atoms with E-state index in [-0.39, 0.29) is 24.9 Å². The van der Waals surface area contributed by atoms with Crippen molar-refractivity contribution in [2.45, 2.75) is 45.3 Å². The molecule has 0 radical (unpaired) electrons. The fraction of sp³-hybridized carbons (Fsp3) is 0.273. The van der Waals surface area contributed by atoms with Crippen molar-refractivity contribution in [1.82, 2.24) is 10.2 Å². The molecular weight excluding hydrogens is 553 g/mol. The number of anilines is 1. The number of nitrogens with one attached hydrogen (secondary N) is 1. The maximum absolute atomic E-state index is 14.2. The van der Waals surface area contributed by atoms with Crippen molar-refractivity contribution in [1.29, 1.82) is 0 Å². The third-order valence-corrected chi connectivity index (χ3v) is 8.38. The first kappa shape index (κ1) is 30.7. The van der Waals surface area contributed by atoms with Crippen molar-refractivity contribution < 1.29 is 22.4 Å². The highest BCUT2D eigenvalue weighted by molar-refractivity contribution is 7.92. The predicted molar refractivity (Wildman–Crippen MR) is 165 cm³/mol. The van der Waals surface area contributed by atoms with E-state index in [0.29, 0.717) is 23.1 Å².